The van der Waals surface area contributed by atoms with Crippen LogP contribution in [0.15, 0.2) is 35.1 Å². The molecule has 2 heterocycles. The normalized spacial score (nSPS) is 10.5. The van der Waals surface area contributed by atoms with E-state index in [9.17, 15) is 0 Å². The minimum absolute atomic E-state index is 0.715. The van der Waals surface area contributed by atoms with Crippen LogP contribution in [0.5, 0.6) is 0 Å². The summed E-state index contributed by atoms with van der Waals surface area (Å²) in [5, 5.41) is 3.24. The lowest BCUT2D eigenvalue weighted by Gasteiger charge is -2.00. The first-order valence-electron chi connectivity index (χ1n) is 4.54. The molecule has 1 N–H and O–H groups in total. The summed E-state index contributed by atoms with van der Waals surface area (Å²) in [5.41, 5.74) is 0.978. The minimum atomic E-state index is 0.715. The largest absolute Gasteiger partial charge is 0.454 e. The van der Waals surface area contributed by atoms with Crippen molar-refractivity contribution >= 4 is 22.6 Å². The summed E-state index contributed by atoms with van der Waals surface area (Å²) < 4.78 is 6.32. The van der Waals surface area contributed by atoms with Crippen LogP contribution in [0, 0.1) is 3.77 Å². The average Bonchev–Trinajstić information content (AvgIpc) is 2.66. The zero-order valence-electron chi connectivity index (χ0n) is 7.98. The molecule has 4 nitrogen and oxygen atoms in total. The van der Waals surface area contributed by atoms with Crippen molar-refractivity contribution in [2.75, 3.05) is 0 Å². The summed E-state index contributed by atoms with van der Waals surface area (Å²) in [6.07, 6.45) is 3.28. The van der Waals surface area contributed by atoms with Crippen molar-refractivity contribution in [3.63, 3.8) is 0 Å². The van der Waals surface area contributed by atoms with Crippen molar-refractivity contribution in [1.29, 1.82) is 0 Å². The SMILES string of the molecule is Ic1ccc(CNCc2ccncn2)o1. The van der Waals surface area contributed by atoms with E-state index in [1.54, 1.807) is 12.5 Å². The fourth-order valence-electron chi connectivity index (χ4n) is 1.18. The third-order valence-corrected chi connectivity index (χ3v) is 2.46. The molecule has 0 saturated carbocycles. The lowest BCUT2D eigenvalue weighted by molar-refractivity contribution is 0.462. The Hall–Kier alpha value is -0.950. The van der Waals surface area contributed by atoms with Crippen molar-refractivity contribution < 1.29 is 4.42 Å². The molecule has 0 aliphatic rings. The molecule has 0 saturated heterocycles. The van der Waals surface area contributed by atoms with Crippen LogP contribution in [-0.2, 0) is 13.1 Å². The van der Waals surface area contributed by atoms with Gasteiger partial charge in [-0.15, -0.1) is 0 Å². The van der Waals surface area contributed by atoms with Gasteiger partial charge in [0.2, 0.25) is 0 Å². The third-order valence-electron chi connectivity index (χ3n) is 1.88. The summed E-state index contributed by atoms with van der Waals surface area (Å²) in [6.45, 7) is 1.44. The van der Waals surface area contributed by atoms with E-state index in [-0.39, 0.29) is 0 Å². The van der Waals surface area contributed by atoms with Crippen LogP contribution in [0.3, 0.4) is 0 Å². The van der Waals surface area contributed by atoms with Gasteiger partial charge in [-0.05, 0) is 40.8 Å². The molecule has 0 radical (unpaired) electrons. The second-order valence-corrected chi connectivity index (χ2v) is 4.07. The summed E-state index contributed by atoms with van der Waals surface area (Å²) in [4.78, 5) is 7.97. The molecule has 2 aromatic rings. The standard InChI is InChI=1S/C10H10IN3O/c11-10-2-1-9(15-10)6-13-5-8-3-4-12-7-14-8/h1-4,7,13H,5-6H2. The van der Waals surface area contributed by atoms with Crippen molar-refractivity contribution in [2.24, 2.45) is 0 Å². The van der Waals surface area contributed by atoms with Gasteiger partial charge < -0.3 is 9.73 Å². The number of hydrogen-bond acceptors (Lipinski definition) is 4. The maximum Gasteiger partial charge on any atom is 0.164 e. The van der Waals surface area contributed by atoms with E-state index >= 15 is 0 Å². The summed E-state index contributed by atoms with van der Waals surface area (Å²) in [5.74, 6) is 0.938. The highest BCUT2D eigenvalue weighted by atomic mass is 127. The van der Waals surface area contributed by atoms with Gasteiger partial charge in [-0.25, -0.2) is 9.97 Å². The fourth-order valence-corrected chi connectivity index (χ4v) is 1.65. The van der Waals surface area contributed by atoms with E-state index in [4.69, 9.17) is 4.42 Å². The molecule has 0 fully saturated rings. The van der Waals surface area contributed by atoms with Gasteiger partial charge in [0.05, 0.1) is 12.2 Å². The number of hydrogen-bond donors (Lipinski definition) is 1. The number of furan rings is 1. The van der Waals surface area contributed by atoms with Crippen LogP contribution in [0.1, 0.15) is 11.5 Å². The van der Waals surface area contributed by atoms with Crippen molar-refractivity contribution in [3.05, 3.63) is 45.9 Å². The quantitative estimate of drug-likeness (QED) is 0.877. The first-order chi connectivity index (χ1) is 7.34. The lowest BCUT2D eigenvalue weighted by Crippen LogP contribution is -2.13. The maximum absolute atomic E-state index is 5.41. The average molecular weight is 315 g/mol. The van der Waals surface area contributed by atoms with Crippen LogP contribution in [-0.4, -0.2) is 9.97 Å². The second-order valence-electron chi connectivity index (χ2n) is 3.01. The number of halogens is 1. The molecule has 0 amide bonds. The first-order valence-corrected chi connectivity index (χ1v) is 5.62. The van der Waals surface area contributed by atoms with E-state index in [1.165, 1.54) is 0 Å². The molecule has 0 aromatic carbocycles. The predicted molar refractivity (Wildman–Crippen MR) is 64.0 cm³/mol. The number of nitrogens with one attached hydrogen (secondary N) is 1. The molecule has 0 spiro atoms. The van der Waals surface area contributed by atoms with E-state index in [0.717, 1.165) is 21.8 Å². The Morgan fingerprint density at radius 2 is 2.20 bits per heavy atom. The predicted octanol–water partition coefficient (Wildman–Crippen LogP) is 1.96. The fraction of sp³-hybridized carbons (Fsp3) is 0.200. The number of nitrogens with zero attached hydrogens (tertiary/aromatic N) is 2. The maximum atomic E-state index is 5.41. The molecule has 0 aliphatic carbocycles. The molecule has 78 valence electrons. The monoisotopic (exact) mass is 315 g/mol. The van der Waals surface area contributed by atoms with Crippen molar-refractivity contribution in [2.45, 2.75) is 13.1 Å². The second kappa shape index (κ2) is 5.22. The van der Waals surface area contributed by atoms with Crippen LogP contribution in [0.4, 0.5) is 0 Å². The van der Waals surface area contributed by atoms with E-state index < -0.39 is 0 Å². The Kier molecular flexibility index (Phi) is 3.68. The summed E-state index contributed by atoms with van der Waals surface area (Å²) in [7, 11) is 0. The highest BCUT2D eigenvalue weighted by Gasteiger charge is 1.98. The zero-order valence-corrected chi connectivity index (χ0v) is 10.1. The molecule has 0 unspecified atom stereocenters. The highest BCUT2D eigenvalue weighted by molar-refractivity contribution is 14.1. The Morgan fingerprint density at radius 3 is 2.87 bits per heavy atom. The Balaban J connectivity index is 1.80. The molecule has 2 aromatic heterocycles. The van der Waals surface area contributed by atoms with Gasteiger partial charge in [0.1, 0.15) is 12.1 Å². The number of aromatic nitrogens is 2. The Morgan fingerprint density at radius 1 is 1.27 bits per heavy atom. The molecule has 0 bridgehead atoms. The first kappa shape index (κ1) is 10.6. The lowest BCUT2D eigenvalue weighted by atomic mass is 10.4. The van der Waals surface area contributed by atoms with Gasteiger partial charge in [-0.2, -0.15) is 0 Å². The molecule has 5 heteroatoms. The molecule has 0 aliphatic heterocycles. The van der Waals surface area contributed by atoms with Crippen LogP contribution < -0.4 is 5.32 Å². The molecule has 0 atom stereocenters. The molecular weight excluding hydrogens is 305 g/mol. The minimum Gasteiger partial charge on any atom is -0.454 e. The van der Waals surface area contributed by atoms with Gasteiger partial charge >= 0.3 is 0 Å². The van der Waals surface area contributed by atoms with Crippen molar-refractivity contribution in [1.82, 2.24) is 15.3 Å². The Bertz CT molecular complexity index is 416. The van der Waals surface area contributed by atoms with Gasteiger partial charge in [-0.3, -0.25) is 0 Å². The van der Waals surface area contributed by atoms with Gasteiger partial charge in [-0.1, -0.05) is 0 Å². The van der Waals surface area contributed by atoms with Gasteiger partial charge in [0, 0.05) is 12.7 Å². The number of rotatable bonds is 4. The molecule has 2 rings (SSSR count). The van der Waals surface area contributed by atoms with E-state index in [1.807, 2.05) is 18.2 Å². The summed E-state index contributed by atoms with van der Waals surface area (Å²) >= 11 is 2.15. The van der Waals surface area contributed by atoms with Crippen LogP contribution in [0.2, 0.25) is 0 Å². The van der Waals surface area contributed by atoms with Crippen molar-refractivity contribution in [3.8, 4) is 0 Å². The van der Waals surface area contributed by atoms with Crippen LogP contribution >= 0.6 is 22.6 Å². The van der Waals surface area contributed by atoms with Crippen LogP contribution in [0.25, 0.3) is 0 Å². The summed E-state index contributed by atoms with van der Waals surface area (Å²) in [6, 6.07) is 5.80. The van der Waals surface area contributed by atoms with Gasteiger partial charge in [0.15, 0.2) is 3.77 Å². The van der Waals surface area contributed by atoms with Gasteiger partial charge in [0.25, 0.3) is 0 Å². The molecule has 15 heavy (non-hydrogen) atoms. The third kappa shape index (κ3) is 3.28. The smallest absolute Gasteiger partial charge is 0.164 e. The molecular formula is C10H10IN3O. The Labute approximate surface area is 101 Å². The topological polar surface area (TPSA) is 51.0 Å². The zero-order chi connectivity index (χ0) is 10.5. The highest BCUT2D eigenvalue weighted by Crippen LogP contribution is 2.09. The van der Waals surface area contributed by atoms with E-state index in [0.29, 0.717) is 6.54 Å². The van der Waals surface area contributed by atoms with E-state index in [2.05, 4.69) is 37.9 Å².